The van der Waals surface area contributed by atoms with Crippen LogP contribution < -0.4 is 15.5 Å². The largest absolute Gasteiger partial charge is 0.487 e. The van der Waals surface area contributed by atoms with Gasteiger partial charge in [0.15, 0.2) is 5.76 Å². The number of nitrogens with one attached hydrogen (secondary N) is 1. The highest BCUT2D eigenvalue weighted by molar-refractivity contribution is 6.02. The second kappa shape index (κ2) is 6.06. The van der Waals surface area contributed by atoms with Crippen LogP contribution in [-0.2, 0) is 0 Å². The molecule has 5 heteroatoms. The van der Waals surface area contributed by atoms with Crippen LogP contribution in [0.3, 0.4) is 0 Å². The number of carbonyl (C=O) groups is 1. The zero-order chi connectivity index (χ0) is 14.5. The van der Waals surface area contributed by atoms with Crippen molar-refractivity contribution < 1.29 is 13.9 Å². The molecule has 2 aromatic rings. The van der Waals surface area contributed by atoms with Crippen molar-refractivity contribution in [1.82, 2.24) is 0 Å². The molecular formula is C15H15NO4. The van der Waals surface area contributed by atoms with Crippen molar-refractivity contribution in [3.05, 3.63) is 58.1 Å². The standard InChI is InChI=1S/C15H15NO4/c1-3-19-14-9-20-13(8-12(14)17)15(18)16-11-6-4-10(2)5-7-11/h4-9H,3H2,1-2H3,(H,16,18). The minimum Gasteiger partial charge on any atom is -0.487 e. The molecule has 0 saturated carbocycles. The van der Waals surface area contributed by atoms with Crippen LogP contribution in [0.15, 0.2) is 45.8 Å². The molecule has 0 aliphatic carbocycles. The Bertz CT molecular complexity index is 658. The molecule has 1 heterocycles. The minimum atomic E-state index is -0.478. The van der Waals surface area contributed by atoms with Gasteiger partial charge >= 0.3 is 0 Å². The van der Waals surface area contributed by atoms with E-state index in [0.29, 0.717) is 12.3 Å². The molecule has 0 spiro atoms. The lowest BCUT2D eigenvalue weighted by Gasteiger charge is -2.05. The number of hydrogen-bond acceptors (Lipinski definition) is 4. The lowest BCUT2D eigenvalue weighted by molar-refractivity contribution is 0.0993. The van der Waals surface area contributed by atoms with Gasteiger partial charge in [-0.25, -0.2) is 0 Å². The van der Waals surface area contributed by atoms with Gasteiger partial charge < -0.3 is 14.5 Å². The van der Waals surface area contributed by atoms with E-state index in [9.17, 15) is 9.59 Å². The van der Waals surface area contributed by atoms with Crippen LogP contribution in [0.25, 0.3) is 0 Å². The topological polar surface area (TPSA) is 68.5 Å². The second-order valence-corrected chi connectivity index (χ2v) is 4.23. The summed E-state index contributed by atoms with van der Waals surface area (Å²) in [6.07, 6.45) is 1.15. The van der Waals surface area contributed by atoms with Crippen LogP contribution >= 0.6 is 0 Å². The molecule has 1 aromatic carbocycles. The van der Waals surface area contributed by atoms with Gasteiger partial charge in [-0.2, -0.15) is 0 Å². The van der Waals surface area contributed by atoms with Crippen molar-refractivity contribution >= 4 is 11.6 Å². The molecule has 0 saturated heterocycles. The van der Waals surface area contributed by atoms with E-state index in [2.05, 4.69) is 5.32 Å². The van der Waals surface area contributed by atoms with Crippen LogP contribution in [0.1, 0.15) is 23.0 Å². The average molecular weight is 273 g/mol. The van der Waals surface area contributed by atoms with E-state index < -0.39 is 5.91 Å². The van der Waals surface area contributed by atoms with Crippen LogP contribution in [-0.4, -0.2) is 12.5 Å². The lowest BCUT2D eigenvalue weighted by Crippen LogP contribution is -2.15. The molecule has 0 fully saturated rings. The SMILES string of the molecule is CCOc1coc(C(=O)Nc2ccc(C)cc2)cc1=O. The van der Waals surface area contributed by atoms with E-state index in [-0.39, 0.29) is 16.9 Å². The second-order valence-electron chi connectivity index (χ2n) is 4.23. The lowest BCUT2D eigenvalue weighted by atomic mass is 10.2. The van der Waals surface area contributed by atoms with Crippen molar-refractivity contribution in [2.24, 2.45) is 0 Å². The summed E-state index contributed by atoms with van der Waals surface area (Å²) >= 11 is 0. The molecule has 104 valence electrons. The van der Waals surface area contributed by atoms with E-state index >= 15 is 0 Å². The maximum absolute atomic E-state index is 11.9. The fraction of sp³-hybridized carbons (Fsp3) is 0.200. The number of hydrogen-bond donors (Lipinski definition) is 1. The van der Waals surface area contributed by atoms with Crippen LogP contribution in [0.4, 0.5) is 5.69 Å². The Morgan fingerprint density at radius 3 is 2.60 bits per heavy atom. The molecule has 0 aliphatic heterocycles. The number of anilines is 1. The molecule has 0 radical (unpaired) electrons. The maximum Gasteiger partial charge on any atom is 0.291 e. The first-order valence-electron chi connectivity index (χ1n) is 6.24. The van der Waals surface area contributed by atoms with Gasteiger partial charge in [0.2, 0.25) is 11.2 Å². The summed E-state index contributed by atoms with van der Waals surface area (Å²) in [7, 11) is 0. The molecule has 0 unspecified atom stereocenters. The highest BCUT2D eigenvalue weighted by Gasteiger charge is 2.12. The van der Waals surface area contributed by atoms with Crippen LogP contribution in [0.2, 0.25) is 0 Å². The third-order valence-corrected chi connectivity index (χ3v) is 2.63. The number of benzene rings is 1. The first-order valence-corrected chi connectivity index (χ1v) is 6.24. The zero-order valence-corrected chi connectivity index (χ0v) is 11.3. The first-order chi connectivity index (χ1) is 9.60. The fourth-order valence-corrected chi connectivity index (χ4v) is 1.61. The Morgan fingerprint density at radius 1 is 1.30 bits per heavy atom. The smallest absolute Gasteiger partial charge is 0.291 e. The predicted octanol–water partition coefficient (Wildman–Crippen LogP) is 2.60. The predicted molar refractivity (Wildman–Crippen MR) is 75.3 cm³/mol. The molecule has 0 atom stereocenters. The molecule has 1 amide bonds. The van der Waals surface area contributed by atoms with Gasteiger partial charge in [-0.1, -0.05) is 17.7 Å². The molecule has 20 heavy (non-hydrogen) atoms. The third-order valence-electron chi connectivity index (χ3n) is 2.63. The summed E-state index contributed by atoms with van der Waals surface area (Å²) in [6, 6.07) is 8.43. The zero-order valence-electron chi connectivity index (χ0n) is 11.3. The quantitative estimate of drug-likeness (QED) is 0.929. The monoisotopic (exact) mass is 273 g/mol. The highest BCUT2D eigenvalue weighted by atomic mass is 16.5. The molecule has 5 nitrogen and oxygen atoms in total. The van der Waals surface area contributed by atoms with E-state index in [4.69, 9.17) is 9.15 Å². The third kappa shape index (κ3) is 3.26. The normalized spacial score (nSPS) is 10.1. The van der Waals surface area contributed by atoms with Gasteiger partial charge in [0, 0.05) is 11.8 Å². The molecule has 2 rings (SSSR count). The molecule has 1 N–H and O–H groups in total. The van der Waals surface area contributed by atoms with Crippen LogP contribution in [0, 0.1) is 6.92 Å². The number of amides is 1. The van der Waals surface area contributed by atoms with E-state index in [1.165, 1.54) is 0 Å². The number of ether oxygens (including phenoxy) is 1. The van der Waals surface area contributed by atoms with Crippen LogP contribution in [0.5, 0.6) is 5.75 Å². The van der Waals surface area contributed by atoms with Gasteiger partial charge in [0.1, 0.15) is 6.26 Å². The maximum atomic E-state index is 11.9. The van der Waals surface area contributed by atoms with Gasteiger partial charge in [-0.15, -0.1) is 0 Å². The molecule has 0 bridgehead atoms. The number of carbonyl (C=O) groups excluding carboxylic acids is 1. The van der Waals surface area contributed by atoms with Crippen molar-refractivity contribution in [2.75, 3.05) is 11.9 Å². The number of rotatable bonds is 4. The van der Waals surface area contributed by atoms with Gasteiger partial charge in [-0.3, -0.25) is 9.59 Å². The van der Waals surface area contributed by atoms with Gasteiger partial charge in [-0.05, 0) is 26.0 Å². The Hall–Kier alpha value is -2.56. The minimum absolute atomic E-state index is 0.0565. The summed E-state index contributed by atoms with van der Waals surface area (Å²) in [5.74, 6) is -0.438. The van der Waals surface area contributed by atoms with Crippen molar-refractivity contribution in [3.63, 3.8) is 0 Å². The Morgan fingerprint density at radius 2 is 2.00 bits per heavy atom. The fourth-order valence-electron chi connectivity index (χ4n) is 1.61. The Balaban J connectivity index is 2.15. The summed E-state index contributed by atoms with van der Waals surface area (Å²) in [6.45, 7) is 4.08. The van der Waals surface area contributed by atoms with Crippen molar-refractivity contribution in [1.29, 1.82) is 0 Å². The van der Waals surface area contributed by atoms with Gasteiger partial charge in [0.25, 0.3) is 5.91 Å². The highest BCUT2D eigenvalue weighted by Crippen LogP contribution is 2.11. The van der Waals surface area contributed by atoms with E-state index in [0.717, 1.165) is 17.9 Å². The average Bonchev–Trinajstić information content (AvgIpc) is 2.44. The molecule has 1 aromatic heterocycles. The van der Waals surface area contributed by atoms with E-state index in [1.54, 1.807) is 19.1 Å². The van der Waals surface area contributed by atoms with Gasteiger partial charge in [0.05, 0.1) is 6.61 Å². The summed E-state index contributed by atoms with van der Waals surface area (Å²) in [4.78, 5) is 23.6. The molecule has 0 aliphatic rings. The summed E-state index contributed by atoms with van der Waals surface area (Å²) in [5, 5.41) is 2.65. The van der Waals surface area contributed by atoms with Crippen molar-refractivity contribution in [3.8, 4) is 5.75 Å². The Labute approximate surface area is 116 Å². The summed E-state index contributed by atoms with van der Waals surface area (Å²) in [5.41, 5.74) is 1.35. The van der Waals surface area contributed by atoms with E-state index in [1.807, 2.05) is 19.1 Å². The van der Waals surface area contributed by atoms with Crippen molar-refractivity contribution in [2.45, 2.75) is 13.8 Å². The first kappa shape index (κ1) is 13.9. The summed E-state index contributed by atoms with van der Waals surface area (Å²) < 4.78 is 10.2. The molecular weight excluding hydrogens is 258 g/mol. The number of aryl methyl sites for hydroxylation is 1. The Kier molecular flexibility index (Phi) is 4.20.